The molecule has 0 saturated carbocycles. The molecule has 2 aromatic rings. The number of aromatic carboxylic acids is 1. The molecule has 1 N–H and O–H groups in total. The number of ether oxygens (including phenoxy) is 1. The fourth-order valence-electron chi connectivity index (χ4n) is 1.74. The normalized spacial score (nSPS) is 10.2. The van der Waals surface area contributed by atoms with Gasteiger partial charge in [0.05, 0.1) is 4.92 Å². The van der Waals surface area contributed by atoms with Crippen molar-refractivity contribution in [3.05, 3.63) is 62.7 Å². The van der Waals surface area contributed by atoms with Gasteiger partial charge in [-0.25, -0.2) is 4.79 Å². The fraction of sp³-hybridized carbons (Fsp3) is 0.0714. The highest BCUT2D eigenvalue weighted by Gasteiger charge is 2.15. The van der Waals surface area contributed by atoms with E-state index in [0.717, 1.165) is 0 Å². The molecule has 2 rings (SSSR count). The standard InChI is InChI=1S/C14H10ClNO5/c1-8-6-10(16(19)20)3-5-12(8)21-13-7-9(15)2-4-11(13)14(17)18/h2-7H,1H3,(H,17,18). The number of aryl methyl sites for hydroxylation is 1. The van der Waals surface area contributed by atoms with Crippen molar-refractivity contribution in [2.24, 2.45) is 0 Å². The lowest BCUT2D eigenvalue weighted by molar-refractivity contribution is -0.384. The Kier molecular flexibility index (Phi) is 4.09. The van der Waals surface area contributed by atoms with Gasteiger partial charge < -0.3 is 9.84 Å². The molecule has 0 amide bonds. The highest BCUT2D eigenvalue weighted by molar-refractivity contribution is 6.30. The first-order valence-electron chi connectivity index (χ1n) is 5.84. The first kappa shape index (κ1) is 14.8. The topological polar surface area (TPSA) is 89.7 Å². The number of nitro groups is 1. The first-order valence-corrected chi connectivity index (χ1v) is 6.22. The Bertz CT molecular complexity index is 729. The highest BCUT2D eigenvalue weighted by atomic mass is 35.5. The third-order valence-electron chi connectivity index (χ3n) is 2.76. The summed E-state index contributed by atoms with van der Waals surface area (Å²) in [5.74, 6) is -0.751. The lowest BCUT2D eigenvalue weighted by Gasteiger charge is -2.11. The number of rotatable bonds is 4. The maximum Gasteiger partial charge on any atom is 0.339 e. The molecule has 2 aromatic carbocycles. The smallest absolute Gasteiger partial charge is 0.339 e. The number of halogens is 1. The van der Waals surface area contributed by atoms with Crippen LogP contribution in [0.3, 0.4) is 0 Å². The second-order valence-electron chi connectivity index (χ2n) is 4.25. The van der Waals surface area contributed by atoms with E-state index >= 15 is 0 Å². The average Bonchev–Trinajstić information content (AvgIpc) is 2.40. The van der Waals surface area contributed by atoms with Crippen LogP contribution < -0.4 is 4.74 Å². The molecule has 0 atom stereocenters. The quantitative estimate of drug-likeness (QED) is 0.680. The van der Waals surface area contributed by atoms with E-state index < -0.39 is 10.9 Å². The minimum Gasteiger partial charge on any atom is -0.478 e. The molecule has 108 valence electrons. The van der Waals surface area contributed by atoms with Crippen molar-refractivity contribution < 1.29 is 19.6 Å². The first-order chi connectivity index (χ1) is 9.88. The number of nitro benzene ring substituents is 1. The molecule has 0 aromatic heterocycles. The van der Waals surface area contributed by atoms with Crippen LogP contribution in [-0.4, -0.2) is 16.0 Å². The number of carboxylic acids is 1. The molecule has 0 aliphatic heterocycles. The maximum atomic E-state index is 11.1. The van der Waals surface area contributed by atoms with E-state index in [1.165, 1.54) is 36.4 Å². The molecular formula is C14H10ClNO5. The second kappa shape index (κ2) is 5.80. The molecule has 0 heterocycles. The molecule has 0 spiro atoms. The van der Waals surface area contributed by atoms with Crippen LogP contribution in [0.2, 0.25) is 5.02 Å². The molecular weight excluding hydrogens is 298 g/mol. The number of nitrogens with zero attached hydrogens (tertiary/aromatic N) is 1. The van der Waals surface area contributed by atoms with Gasteiger partial charge in [-0.1, -0.05) is 11.6 Å². The van der Waals surface area contributed by atoms with Gasteiger partial charge >= 0.3 is 5.97 Å². The Hall–Kier alpha value is -2.60. The van der Waals surface area contributed by atoms with E-state index in [-0.39, 0.29) is 17.0 Å². The molecule has 0 fully saturated rings. The molecule has 7 heteroatoms. The zero-order valence-electron chi connectivity index (χ0n) is 10.9. The molecule has 0 aliphatic carbocycles. The van der Waals surface area contributed by atoms with Crippen LogP contribution in [0.1, 0.15) is 15.9 Å². The van der Waals surface area contributed by atoms with Gasteiger partial charge in [-0.2, -0.15) is 0 Å². The van der Waals surface area contributed by atoms with Gasteiger partial charge in [-0.15, -0.1) is 0 Å². The third-order valence-corrected chi connectivity index (χ3v) is 3.00. The van der Waals surface area contributed by atoms with Gasteiger partial charge in [0.2, 0.25) is 0 Å². The number of carbonyl (C=O) groups is 1. The van der Waals surface area contributed by atoms with Crippen LogP contribution in [-0.2, 0) is 0 Å². The molecule has 0 bridgehead atoms. The van der Waals surface area contributed by atoms with Crippen molar-refractivity contribution in [2.75, 3.05) is 0 Å². The Morgan fingerprint density at radius 1 is 1.24 bits per heavy atom. The summed E-state index contributed by atoms with van der Waals surface area (Å²) in [4.78, 5) is 21.3. The number of hydrogen-bond donors (Lipinski definition) is 1. The fourth-order valence-corrected chi connectivity index (χ4v) is 1.90. The van der Waals surface area contributed by atoms with Crippen molar-refractivity contribution in [2.45, 2.75) is 6.92 Å². The van der Waals surface area contributed by atoms with E-state index in [1.54, 1.807) is 6.92 Å². The monoisotopic (exact) mass is 307 g/mol. The van der Waals surface area contributed by atoms with E-state index in [0.29, 0.717) is 16.3 Å². The van der Waals surface area contributed by atoms with Crippen molar-refractivity contribution in [1.82, 2.24) is 0 Å². The van der Waals surface area contributed by atoms with Gasteiger partial charge in [0, 0.05) is 23.2 Å². The number of benzene rings is 2. The largest absolute Gasteiger partial charge is 0.478 e. The maximum absolute atomic E-state index is 11.1. The van der Waals surface area contributed by atoms with Crippen molar-refractivity contribution in [3.8, 4) is 11.5 Å². The summed E-state index contributed by atoms with van der Waals surface area (Å²) >= 11 is 5.83. The lowest BCUT2D eigenvalue weighted by atomic mass is 10.2. The molecule has 0 saturated heterocycles. The summed E-state index contributed by atoms with van der Waals surface area (Å²) in [6, 6.07) is 8.21. The van der Waals surface area contributed by atoms with E-state index in [2.05, 4.69) is 0 Å². The Morgan fingerprint density at radius 3 is 2.52 bits per heavy atom. The van der Waals surface area contributed by atoms with E-state index in [1.807, 2.05) is 0 Å². The van der Waals surface area contributed by atoms with Crippen LogP contribution in [0.5, 0.6) is 11.5 Å². The van der Waals surface area contributed by atoms with Crippen LogP contribution in [0, 0.1) is 17.0 Å². The van der Waals surface area contributed by atoms with Crippen LogP contribution >= 0.6 is 11.6 Å². The summed E-state index contributed by atoms with van der Waals surface area (Å²) in [5, 5.41) is 20.1. The molecule has 0 aliphatic rings. The van der Waals surface area contributed by atoms with Crippen LogP contribution in [0.25, 0.3) is 0 Å². The van der Waals surface area contributed by atoms with E-state index in [4.69, 9.17) is 21.4 Å². The predicted molar refractivity (Wildman–Crippen MR) is 76.3 cm³/mol. The van der Waals surface area contributed by atoms with Gasteiger partial charge in [0.25, 0.3) is 5.69 Å². The van der Waals surface area contributed by atoms with E-state index in [9.17, 15) is 14.9 Å². The number of non-ortho nitro benzene ring substituents is 1. The molecule has 0 radical (unpaired) electrons. The Morgan fingerprint density at radius 2 is 1.95 bits per heavy atom. The van der Waals surface area contributed by atoms with Crippen molar-refractivity contribution in [3.63, 3.8) is 0 Å². The minimum atomic E-state index is -1.15. The van der Waals surface area contributed by atoms with Gasteiger partial charge in [0.1, 0.15) is 17.1 Å². The predicted octanol–water partition coefficient (Wildman–Crippen LogP) is 4.05. The van der Waals surface area contributed by atoms with Crippen LogP contribution in [0.15, 0.2) is 36.4 Å². The average molecular weight is 308 g/mol. The third kappa shape index (κ3) is 3.29. The lowest BCUT2D eigenvalue weighted by Crippen LogP contribution is -2.00. The van der Waals surface area contributed by atoms with Crippen molar-refractivity contribution in [1.29, 1.82) is 0 Å². The summed E-state index contributed by atoms with van der Waals surface area (Å²) in [6.07, 6.45) is 0. The summed E-state index contributed by atoms with van der Waals surface area (Å²) in [7, 11) is 0. The van der Waals surface area contributed by atoms with Crippen LogP contribution in [0.4, 0.5) is 5.69 Å². The Labute approximate surface area is 124 Å². The second-order valence-corrected chi connectivity index (χ2v) is 4.69. The van der Waals surface area contributed by atoms with Gasteiger partial charge in [-0.3, -0.25) is 10.1 Å². The zero-order valence-corrected chi connectivity index (χ0v) is 11.6. The number of hydrogen-bond acceptors (Lipinski definition) is 4. The molecule has 21 heavy (non-hydrogen) atoms. The summed E-state index contributed by atoms with van der Waals surface area (Å²) < 4.78 is 5.53. The minimum absolute atomic E-state index is 0.0443. The summed E-state index contributed by atoms with van der Waals surface area (Å²) in [6.45, 7) is 1.63. The highest BCUT2D eigenvalue weighted by Crippen LogP contribution is 2.32. The zero-order chi connectivity index (χ0) is 15.6. The summed E-state index contributed by atoms with van der Waals surface area (Å²) in [5.41, 5.74) is 0.405. The van der Waals surface area contributed by atoms with Crippen molar-refractivity contribution >= 4 is 23.3 Å². The number of carboxylic acid groups (broad SMARTS) is 1. The van der Waals surface area contributed by atoms with Gasteiger partial charge in [0.15, 0.2) is 0 Å². The molecule has 0 unspecified atom stereocenters. The SMILES string of the molecule is Cc1cc([N+](=O)[O-])ccc1Oc1cc(Cl)ccc1C(=O)O. The van der Waals surface area contributed by atoms with Gasteiger partial charge in [-0.05, 0) is 30.7 Å². The molecule has 6 nitrogen and oxygen atoms in total. The Balaban J connectivity index is 2.40.